The van der Waals surface area contributed by atoms with Gasteiger partial charge in [0, 0.05) is 30.9 Å². The highest BCUT2D eigenvalue weighted by Gasteiger charge is 2.45. The van der Waals surface area contributed by atoms with E-state index in [1.807, 2.05) is 24.1 Å². The van der Waals surface area contributed by atoms with Gasteiger partial charge in [0.15, 0.2) is 0 Å². The van der Waals surface area contributed by atoms with E-state index in [1.54, 1.807) is 12.3 Å². The minimum Gasteiger partial charge on any atom is -0.348 e. The SMILES string of the molecule is Cc1ncc2c(n1)C1(CCCN(C(=O)c3onc4ncccc34)C1)CC2. The standard InChI is InChI=1S/C19H19N5O2/c1-12-21-10-13-5-7-19(16(13)22-12)6-3-9-24(11-19)18(25)15-14-4-2-8-20-17(14)23-26-15/h2,4,8,10H,3,5-7,9,11H2,1H3. The molecule has 7 nitrogen and oxygen atoms in total. The number of rotatable bonds is 1. The topological polar surface area (TPSA) is 85.0 Å². The zero-order valence-corrected chi connectivity index (χ0v) is 14.6. The third-order valence-corrected chi connectivity index (χ3v) is 5.67. The second kappa shape index (κ2) is 5.59. The Bertz CT molecular complexity index is 1010. The summed E-state index contributed by atoms with van der Waals surface area (Å²) < 4.78 is 5.34. The van der Waals surface area contributed by atoms with Crippen LogP contribution in [0.5, 0.6) is 0 Å². The fourth-order valence-electron chi connectivity index (χ4n) is 4.41. The van der Waals surface area contributed by atoms with Gasteiger partial charge in [0.25, 0.3) is 5.91 Å². The van der Waals surface area contributed by atoms with Gasteiger partial charge >= 0.3 is 0 Å². The lowest BCUT2D eigenvalue weighted by atomic mass is 9.77. The van der Waals surface area contributed by atoms with Gasteiger partial charge in [-0.2, -0.15) is 0 Å². The summed E-state index contributed by atoms with van der Waals surface area (Å²) in [5, 5.41) is 4.59. The number of aryl methyl sites for hydroxylation is 2. The minimum absolute atomic E-state index is 0.0645. The van der Waals surface area contributed by atoms with Crippen molar-refractivity contribution in [3.05, 3.63) is 47.4 Å². The van der Waals surface area contributed by atoms with Crippen molar-refractivity contribution in [2.45, 2.75) is 38.0 Å². The van der Waals surface area contributed by atoms with Crippen molar-refractivity contribution in [2.24, 2.45) is 0 Å². The molecule has 1 aliphatic carbocycles. The van der Waals surface area contributed by atoms with E-state index in [4.69, 9.17) is 9.51 Å². The van der Waals surface area contributed by atoms with Crippen LogP contribution in [0.25, 0.3) is 11.0 Å². The molecule has 3 aromatic heterocycles. The number of carbonyl (C=O) groups excluding carboxylic acids is 1. The Morgan fingerprint density at radius 2 is 2.23 bits per heavy atom. The molecular weight excluding hydrogens is 330 g/mol. The number of hydrogen-bond acceptors (Lipinski definition) is 6. The van der Waals surface area contributed by atoms with Gasteiger partial charge in [-0.05, 0) is 50.3 Å². The summed E-state index contributed by atoms with van der Waals surface area (Å²) in [5.74, 6) is 0.960. The summed E-state index contributed by atoms with van der Waals surface area (Å²) in [7, 11) is 0. The smallest absolute Gasteiger partial charge is 0.293 e. The van der Waals surface area contributed by atoms with Crippen molar-refractivity contribution in [1.82, 2.24) is 25.0 Å². The predicted molar refractivity (Wildman–Crippen MR) is 93.7 cm³/mol. The quantitative estimate of drug-likeness (QED) is 0.671. The lowest BCUT2D eigenvalue weighted by Crippen LogP contribution is -2.48. The van der Waals surface area contributed by atoms with E-state index >= 15 is 0 Å². The van der Waals surface area contributed by atoms with E-state index in [9.17, 15) is 4.79 Å². The predicted octanol–water partition coefficient (Wildman–Crippen LogP) is 2.44. The Hall–Kier alpha value is -2.83. The molecule has 2 aliphatic rings. The Morgan fingerprint density at radius 3 is 3.15 bits per heavy atom. The van der Waals surface area contributed by atoms with E-state index in [2.05, 4.69) is 15.1 Å². The van der Waals surface area contributed by atoms with Gasteiger partial charge in [-0.15, -0.1) is 0 Å². The van der Waals surface area contributed by atoms with Gasteiger partial charge in [-0.3, -0.25) is 4.79 Å². The van der Waals surface area contributed by atoms with Crippen molar-refractivity contribution in [3.63, 3.8) is 0 Å². The van der Waals surface area contributed by atoms with Crippen LogP contribution in [0.3, 0.4) is 0 Å². The Labute approximate surface area is 150 Å². The maximum atomic E-state index is 13.1. The first-order chi connectivity index (χ1) is 12.7. The number of amides is 1. The molecule has 1 spiro atoms. The lowest BCUT2D eigenvalue weighted by molar-refractivity contribution is 0.0595. The van der Waals surface area contributed by atoms with Gasteiger partial charge in [0.1, 0.15) is 5.82 Å². The van der Waals surface area contributed by atoms with Gasteiger partial charge in [-0.25, -0.2) is 15.0 Å². The second-order valence-electron chi connectivity index (χ2n) is 7.29. The lowest BCUT2D eigenvalue weighted by Gasteiger charge is -2.40. The zero-order chi connectivity index (χ0) is 17.7. The normalized spacial score (nSPS) is 22.1. The molecule has 1 atom stereocenters. The highest BCUT2D eigenvalue weighted by molar-refractivity contribution is 6.02. The van der Waals surface area contributed by atoms with Crippen molar-refractivity contribution in [1.29, 1.82) is 0 Å². The number of hydrogen-bond donors (Lipinski definition) is 0. The number of carbonyl (C=O) groups is 1. The Morgan fingerprint density at radius 1 is 1.31 bits per heavy atom. The maximum absolute atomic E-state index is 13.1. The average molecular weight is 349 g/mol. The number of likely N-dealkylation sites (tertiary alicyclic amines) is 1. The number of nitrogens with zero attached hydrogens (tertiary/aromatic N) is 5. The molecule has 1 fully saturated rings. The van der Waals surface area contributed by atoms with E-state index in [0.717, 1.165) is 43.7 Å². The molecule has 132 valence electrons. The fraction of sp³-hybridized carbons (Fsp3) is 0.421. The third-order valence-electron chi connectivity index (χ3n) is 5.67. The van der Waals surface area contributed by atoms with Crippen molar-refractivity contribution in [3.8, 4) is 0 Å². The van der Waals surface area contributed by atoms with Crippen LogP contribution >= 0.6 is 0 Å². The largest absolute Gasteiger partial charge is 0.348 e. The molecule has 3 aromatic rings. The molecule has 0 N–H and O–H groups in total. The molecular formula is C19H19N5O2. The summed E-state index contributed by atoms with van der Waals surface area (Å²) in [6.07, 6.45) is 7.60. The van der Waals surface area contributed by atoms with E-state index in [0.29, 0.717) is 17.6 Å². The van der Waals surface area contributed by atoms with Crippen LogP contribution < -0.4 is 0 Å². The molecule has 0 bridgehead atoms. The second-order valence-corrected chi connectivity index (χ2v) is 7.29. The summed E-state index contributed by atoms with van der Waals surface area (Å²) in [5.41, 5.74) is 2.76. The first-order valence-corrected chi connectivity index (χ1v) is 8.99. The minimum atomic E-state index is -0.112. The van der Waals surface area contributed by atoms with Crippen LogP contribution in [0, 0.1) is 6.92 Å². The molecule has 7 heteroatoms. The number of pyridine rings is 1. The van der Waals surface area contributed by atoms with E-state index in [1.165, 1.54) is 5.56 Å². The first-order valence-electron chi connectivity index (χ1n) is 8.99. The highest BCUT2D eigenvalue weighted by Crippen LogP contribution is 2.44. The maximum Gasteiger partial charge on any atom is 0.293 e. The molecule has 1 unspecified atom stereocenters. The molecule has 26 heavy (non-hydrogen) atoms. The molecule has 5 rings (SSSR count). The van der Waals surface area contributed by atoms with Crippen molar-refractivity contribution >= 4 is 16.9 Å². The van der Waals surface area contributed by atoms with Crippen LogP contribution in [0.1, 0.15) is 46.9 Å². The van der Waals surface area contributed by atoms with Crippen LogP contribution in [0.4, 0.5) is 0 Å². The number of aromatic nitrogens is 4. The summed E-state index contributed by atoms with van der Waals surface area (Å²) in [6, 6.07) is 3.62. The molecule has 4 heterocycles. The van der Waals surface area contributed by atoms with E-state index < -0.39 is 0 Å². The number of fused-ring (bicyclic) bond motifs is 3. The molecule has 1 aliphatic heterocycles. The number of piperidine rings is 1. The summed E-state index contributed by atoms with van der Waals surface area (Å²) in [4.78, 5) is 28.2. The van der Waals surface area contributed by atoms with Gasteiger partial charge in [-0.1, -0.05) is 5.16 Å². The molecule has 1 amide bonds. The molecule has 1 saturated heterocycles. The van der Waals surface area contributed by atoms with Gasteiger partial charge in [0.2, 0.25) is 11.4 Å². The van der Waals surface area contributed by atoms with Crippen LogP contribution in [-0.4, -0.2) is 44.0 Å². The van der Waals surface area contributed by atoms with Crippen LogP contribution in [-0.2, 0) is 11.8 Å². The average Bonchev–Trinajstić information content (AvgIpc) is 3.24. The van der Waals surface area contributed by atoms with Crippen LogP contribution in [0.2, 0.25) is 0 Å². The fourth-order valence-corrected chi connectivity index (χ4v) is 4.41. The zero-order valence-electron chi connectivity index (χ0n) is 14.6. The third kappa shape index (κ3) is 2.23. The van der Waals surface area contributed by atoms with Crippen LogP contribution in [0.15, 0.2) is 29.0 Å². The van der Waals surface area contributed by atoms with Gasteiger partial charge in [0.05, 0.1) is 11.1 Å². The van der Waals surface area contributed by atoms with Gasteiger partial charge < -0.3 is 9.42 Å². The molecule has 0 aromatic carbocycles. The van der Waals surface area contributed by atoms with Crippen molar-refractivity contribution in [2.75, 3.05) is 13.1 Å². The first kappa shape index (κ1) is 15.4. The van der Waals surface area contributed by atoms with E-state index in [-0.39, 0.29) is 17.1 Å². The molecule has 0 radical (unpaired) electrons. The highest BCUT2D eigenvalue weighted by atomic mass is 16.5. The Balaban J connectivity index is 1.49. The van der Waals surface area contributed by atoms with Crippen molar-refractivity contribution < 1.29 is 9.32 Å². The summed E-state index contributed by atoms with van der Waals surface area (Å²) >= 11 is 0. The molecule has 0 saturated carbocycles. The monoisotopic (exact) mass is 349 g/mol. The summed E-state index contributed by atoms with van der Waals surface area (Å²) in [6.45, 7) is 3.31. The Kier molecular flexibility index (Phi) is 3.32.